The van der Waals surface area contributed by atoms with Gasteiger partial charge in [-0.1, -0.05) is 20.8 Å². The zero-order chi connectivity index (χ0) is 30.3. The lowest BCUT2D eigenvalue weighted by molar-refractivity contribution is -0.336. The summed E-state index contributed by atoms with van der Waals surface area (Å²) in [5, 5.41) is 14.3. The largest absolute Gasteiger partial charge is 0.465 e. The minimum absolute atomic E-state index is 0.0222. The number of alkyl carbamates (subject to hydrolysis) is 1. The maximum Gasteiger partial charge on any atom is 0.407 e. The zero-order valence-corrected chi connectivity index (χ0v) is 24.7. The Kier molecular flexibility index (Phi) is 9.22. The Labute approximate surface area is 239 Å². The molecule has 0 spiro atoms. The summed E-state index contributed by atoms with van der Waals surface area (Å²) in [7, 11) is 1.18. The molecule has 41 heavy (non-hydrogen) atoms. The topological polar surface area (TPSA) is 165 Å². The van der Waals surface area contributed by atoms with Gasteiger partial charge in [-0.2, -0.15) is 0 Å². The number of methoxy groups -OCH3 is 1. The van der Waals surface area contributed by atoms with Gasteiger partial charge in [-0.3, -0.25) is 9.59 Å². The van der Waals surface area contributed by atoms with Crippen molar-refractivity contribution in [2.75, 3.05) is 7.11 Å². The molecule has 0 aliphatic carbocycles. The highest BCUT2D eigenvalue weighted by atomic mass is 16.7. The molecule has 232 valence electrons. The highest BCUT2D eigenvalue weighted by molar-refractivity contribution is 5.79. The lowest BCUT2D eigenvalue weighted by Crippen LogP contribution is -2.64. The summed E-state index contributed by atoms with van der Waals surface area (Å²) in [6.07, 6.45) is -5.87. The molecule has 0 aromatic rings. The van der Waals surface area contributed by atoms with Crippen LogP contribution in [0.1, 0.15) is 73.6 Å². The van der Waals surface area contributed by atoms with Gasteiger partial charge in [0.05, 0.1) is 37.7 Å². The number of aliphatic hydroxyl groups excluding tert-OH is 1. The first kappa shape index (κ1) is 31.5. The van der Waals surface area contributed by atoms with Crippen LogP contribution in [0.25, 0.3) is 0 Å². The van der Waals surface area contributed by atoms with Crippen LogP contribution in [0.3, 0.4) is 0 Å². The predicted molar refractivity (Wildman–Crippen MR) is 139 cm³/mol. The smallest absolute Gasteiger partial charge is 0.407 e. The number of hydrogen-bond acceptors (Lipinski definition) is 12. The number of carbonyl (C=O) groups excluding carboxylic acids is 4. The first-order chi connectivity index (χ1) is 19.2. The molecule has 13 nitrogen and oxygen atoms in total. The number of nitrogens with one attached hydrogen (secondary N) is 1. The molecule has 4 aliphatic rings. The summed E-state index contributed by atoms with van der Waals surface area (Å²) < 4.78 is 40.8. The molecule has 11 atom stereocenters. The third-order valence-electron chi connectivity index (χ3n) is 8.62. The Morgan fingerprint density at radius 2 is 1.78 bits per heavy atom. The molecule has 0 saturated carbocycles. The van der Waals surface area contributed by atoms with Crippen LogP contribution >= 0.6 is 0 Å². The standard InChI is InChI=1S/C28H43NO12/c1-8-13(3)22(36-14(4)30)23-15-10-19(31)37-17(15)12-28(41-23,25(33)35-7)39-16(9-2)21(32)24-20-18(38-26(34)29-20)11-27(5,6)40-24/h13,15-18,20-24,32H,8-12H2,1-7H3,(H,29,34)/t13-,15-,16-,17-,18-,20-,21-,22-,23?,24?,28-/m1/s1. The molecule has 2 unspecified atom stereocenters. The SMILES string of the molecule is CC[C@@H](C)[C@@H](OC(C)=O)C1O[C@@](O[C@H](CC)[C@@H](O)C2OC(C)(C)C[C@H]3OC(=O)N[C@@H]23)(C(=O)OC)C[C@H]2OC(=O)C[C@@H]12. The summed E-state index contributed by atoms with van der Waals surface area (Å²) in [5.74, 6) is -4.68. The van der Waals surface area contributed by atoms with Crippen LogP contribution in [0.15, 0.2) is 0 Å². The second kappa shape index (κ2) is 12.0. The Morgan fingerprint density at radius 1 is 1.07 bits per heavy atom. The Hall–Kier alpha value is -2.48. The molecular weight excluding hydrogens is 542 g/mol. The van der Waals surface area contributed by atoms with Crippen molar-refractivity contribution in [1.82, 2.24) is 5.32 Å². The van der Waals surface area contributed by atoms with E-state index >= 15 is 0 Å². The molecule has 4 rings (SSSR count). The van der Waals surface area contributed by atoms with Crippen LogP contribution in [-0.4, -0.2) is 96.4 Å². The van der Waals surface area contributed by atoms with Crippen molar-refractivity contribution in [3.05, 3.63) is 0 Å². The highest BCUT2D eigenvalue weighted by Gasteiger charge is 2.62. The summed E-state index contributed by atoms with van der Waals surface area (Å²) in [5.41, 5.74) is -0.720. The van der Waals surface area contributed by atoms with E-state index < -0.39 is 90.1 Å². The van der Waals surface area contributed by atoms with Gasteiger partial charge in [-0.25, -0.2) is 9.59 Å². The lowest BCUT2D eigenvalue weighted by atomic mass is 9.80. The van der Waals surface area contributed by atoms with E-state index in [0.29, 0.717) is 12.8 Å². The Morgan fingerprint density at radius 3 is 2.39 bits per heavy atom. The van der Waals surface area contributed by atoms with Crippen LogP contribution in [0.2, 0.25) is 0 Å². The van der Waals surface area contributed by atoms with E-state index in [1.54, 1.807) is 6.92 Å². The molecule has 4 saturated heterocycles. The van der Waals surface area contributed by atoms with Gasteiger partial charge in [0, 0.05) is 19.3 Å². The Bertz CT molecular complexity index is 1020. The third kappa shape index (κ3) is 6.32. The number of rotatable bonds is 10. The van der Waals surface area contributed by atoms with E-state index in [1.165, 1.54) is 14.0 Å². The maximum atomic E-state index is 13.5. The molecule has 13 heteroatoms. The first-order valence-electron chi connectivity index (χ1n) is 14.4. The van der Waals surface area contributed by atoms with Gasteiger partial charge in [0.1, 0.15) is 36.6 Å². The van der Waals surface area contributed by atoms with Crippen LogP contribution in [0, 0.1) is 11.8 Å². The fourth-order valence-corrected chi connectivity index (χ4v) is 6.47. The summed E-state index contributed by atoms with van der Waals surface area (Å²) in [4.78, 5) is 50.0. The van der Waals surface area contributed by atoms with Crippen molar-refractivity contribution in [1.29, 1.82) is 0 Å². The minimum atomic E-state index is -2.10. The van der Waals surface area contributed by atoms with Crippen molar-refractivity contribution in [3.63, 3.8) is 0 Å². The molecule has 4 heterocycles. The van der Waals surface area contributed by atoms with Gasteiger partial charge in [-0.05, 0) is 32.6 Å². The maximum absolute atomic E-state index is 13.5. The third-order valence-corrected chi connectivity index (χ3v) is 8.62. The van der Waals surface area contributed by atoms with Crippen LogP contribution in [-0.2, 0) is 47.5 Å². The van der Waals surface area contributed by atoms with Gasteiger partial charge in [0.15, 0.2) is 0 Å². The number of esters is 3. The molecule has 0 radical (unpaired) electrons. The van der Waals surface area contributed by atoms with Gasteiger partial charge >= 0.3 is 24.0 Å². The molecule has 0 bridgehead atoms. The highest BCUT2D eigenvalue weighted by Crippen LogP contribution is 2.46. The number of hydrogen-bond donors (Lipinski definition) is 2. The van der Waals surface area contributed by atoms with Crippen molar-refractivity contribution in [2.45, 2.75) is 134 Å². The van der Waals surface area contributed by atoms with Gasteiger partial charge in [0.2, 0.25) is 0 Å². The first-order valence-corrected chi connectivity index (χ1v) is 14.4. The second-order valence-electron chi connectivity index (χ2n) is 12.1. The van der Waals surface area contributed by atoms with Gasteiger partial charge in [0.25, 0.3) is 5.79 Å². The summed E-state index contributed by atoms with van der Waals surface area (Å²) in [6.45, 7) is 10.5. The average molecular weight is 586 g/mol. The average Bonchev–Trinajstić information content (AvgIpc) is 3.47. The minimum Gasteiger partial charge on any atom is -0.465 e. The van der Waals surface area contributed by atoms with Gasteiger partial charge in [-0.15, -0.1) is 0 Å². The lowest BCUT2D eigenvalue weighted by Gasteiger charge is -2.49. The second-order valence-corrected chi connectivity index (χ2v) is 12.1. The number of amides is 1. The normalized spacial score (nSPS) is 36.9. The van der Waals surface area contributed by atoms with Crippen molar-refractivity contribution >= 4 is 24.0 Å². The monoisotopic (exact) mass is 585 g/mol. The molecule has 4 aliphatic heterocycles. The predicted octanol–water partition coefficient (Wildman–Crippen LogP) is 1.75. The number of aliphatic hydroxyl groups is 1. The van der Waals surface area contributed by atoms with E-state index in [1.807, 2.05) is 27.7 Å². The molecular formula is C28H43NO12. The number of fused-ring (bicyclic) bond motifs is 2. The van der Waals surface area contributed by atoms with Crippen LogP contribution in [0.4, 0.5) is 4.79 Å². The number of ether oxygens (including phenoxy) is 7. The Balaban J connectivity index is 1.68. The van der Waals surface area contributed by atoms with Crippen molar-refractivity contribution in [3.8, 4) is 0 Å². The molecule has 4 fully saturated rings. The van der Waals surface area contributed by atoms with Gasteiger partial charge < -0.3 is 43.6 Å². The van der Waals surface area contributed by atoms with E-state index in [-0.39, 0.29) is 25.2 Å². The summed E-state index contributed by atoms with van der Waals surface area (Å²) >= 11 is 0. The fourth-order valence-electron chi connectivity index (χ4n) is 6.47. The number of carbonyl (C=O) groups is 4. The van der Waals surface area contributed by atoms with E-state index in [2.05, 4.69) is 5.32 Å². The quantitative estimate of drug-likeness (QED) is 0.282. The van der Waals surface area contributed by atoms with Crippen molar-refractivity contribution < 1.29 is 57.4 Å². The zero-order valence-electron chi connectivity index (χ0n) is 24.7. The van der Waals surface area contributed by atoms with Crippen molar-refractivity contribution in [2.24, 2.45) is 11.8 Å². The van der Waals surface area contributed by atoms with E-state index in [4.69, 9.17) is 33.2 Å². The molecule has 0 aromatic heterocycles. The van der Waals surface area contributed by atoms with Crippen LogP contribution in [0.5, 0.6) is 0 Å². The molecule has 0 aromatic carbocycles. The molecule has 2 N–H and O–H groups in total. The fraction of sp³-hybridized carbons (Fsp3) is 0.857. The molecule has 1 amide bonds. The van der Waals surface area contributed by atoms with E-state index in [9.17, 15) is 24.3 Å². The van der Waals surface area contributed by atoms with Crippen LogP contribution < -0.4 is 5.32 Å². The summed E-state index contributed by atoms with van der Waals surface area (Å²) in [6, 6.07) is -0.642. The van der Waals surface area contributed by atoms with E-state index in [0.717, 1.165) is 0 Å².